The predicted octanol–water partition coefficient (Wildman–Crippen LogP) is 12.0. The van der Waals surface area contributed by atoms with Gasteiger partial charge >= 0.3 is 0 Å². The van der Waals surface area contributed by atoms with Crippen LogP contribution in [0.3, 0.4) is 0 Å². The van der Waals surface area contributed by atoms with Crippen LogP contribution in [-0.4, -0.2) is 11.3 Å². The lowest BCUT2D eigenvalue weighted by Crippen LogP contribution is -2.62. The molecule has 266 valence electrons. The number of benzene rings is 8. The summed E-state index contributed by atoms with van der Waals surface area (Å²) in [5.41, 5.74) is 18.8. The first kappa shape index (κ1) is 30.0. The van der Waals surface area contributed by atoms with Gasteiger partial charge in [0.1, 0.15) is 0 Å². The molecule has 0 fully saturated rings. The highest BCUT2D eigenvalue weighted by molar-refractivity contribution is 8.17. The molecule has 10 aromatic rings. The minimum atomic E-state index is -0.926. The van der Waals surface area contributed by atoms with Crippen molar-refractivity contribution in [3.05, 3.63) is 163 Å². The number of thiol groups is 1. The van der Waals surface area contributed by atoms with E-state index < -0.39 is 10.9 Å². The normalized spacial score (nSPS) is 17.4. The van der Waals surface area contributed by atoms with Gasteiger partial charge in [0.05, 0.1) is 33.8 Å². The Bertz CT molecular complexity index is 3560. The molecular formula is C51H32BN3S2. The van der Waals surface area contributed by atoms with Crippen LogP contribution in [0.4, 0.5) is 34.1 Å². The van der Waals surface area contributed by atoms with Crippen LogP contribution < -0.4 is 26.2 Å². The van der Waals surface area contributed by atoms with Crippen molar-refractivity contribution in [1.29, 1.82) is 0 Å². The van der Waals surface area contributed by atoms with E-state index >= 15 is 0 Å². The second-order valence-electron chi connectivity index (χ2n) is 16.8. The highest BCUT2D eigenvalue weighted by atomic mass is 32.2. The van der Waals surface area contributed by atoms with Gasteiger partial charge in [0.2, 0.25) is 0 Å². The summed E-state index contributed by atoms with van der Waals surface area (Å²) in [7, 11) is -0.926. The van der Waals surface area contributed by atoms with Gasteiger partial charge in [-0.25, -0.2) is 0 Å². The zero-order chi connectivity index (χ0) is 37.1. The Morgan fingerprint density at radius 1 is 0.544 bits per heavy atom. The summed E-state index contributed by atoms with van der Waals surface area (Å²) in [5, 5.41) is 5.49. The van der Waals surface area contributed by atoms with Crippen LogP contribution in [0.25, 0.3) is 47.7 Å². The Kier molecular flexibility index (Phi) is 5.18. The molecule has 0 N–H and O–H groups in total. The Balaban J connectivity index is 1.19. The fraction of sp³-hybridized carbons (Fsp3) is 0.0588. The third kappa shape index (κ3) is 3.26. The number of anilines is 6. The van der Waals surface area contributed by atoms with Crippen LogP contribution >= 0.6 is 22.2 Å². The largest absolute Gasteiger partial charge is 0.311 e. The molecule has 0 radical (unpaired) electrons. The molecule has 1 atom stereocenters. The van der Waals surface area contributed by atoms with Crippen LogP contribution in [0.2, 0.25) is 0 Å². The molecule has 0 amide bonds. The van der Waals surface area contributed by atoms with Gasteiger partial charge in [-0.3, -0.25) is 0 Å². The van der Waals surface area contributed by atoms with Crippen molar-refractivity contribution in [2.24, 2.45) is 0 Å². The molecule has 1 unspecified atom stereocenters. The Morgan fingerprint density at radius 2 is 1.25 bits per heavy atom. The number of hydrogen-bond acceptors (Lipinski definition) is 3. The van der Waals surface area contributed by atoms with E-state index in [1.165, 1.54) is 124 Å². The van der Waals surface area contributed by atoms with Crippen molar-refractivity contribution in [3.63, 3.8) is 0 Å². The Morgan fingerprint density at radius 3 is 2.16 bits per heavy atom. The minimum absolute atomic E-state index is 0.105. The zero-order valence-electron chi connectivity index (χ0n) is 31.2. The van der Waals surface area contributed by atoms with E-state index in [9.17, 15) is 0 Å². The second kappa shape index (κ2) is 9.83. The van der Waals surface area contributed by atoms with Gasteiger partial charge in [-0.1, -0.05) is 117 Å². The number of rotatable bonds is 0. The van der Waals surface area contributed by atoms with Crippen molar-refractivity contribution in [1.82, 2.24) is 4.57 Å². The first-order valence-electron chi connectivity index (χ1n) is 20.0. The van der Waals surface area contributed by atoms with Gasteiger partial charge in [0, 0.05) is 68.1 Å². The number of fused-ring (bicyclic) bond motifs is 19. The molecule has 5 aliphatic heterocycles. The van der Waals surface area contributed by atoms with Crippen molar-refractivity contribution in [3.8, 4) is 5.69 Å². The van der Waals surface area contributed by atoms with Gasteiger partial charge in [-0.05, 0) is 76.0 Å². The molecule has 0 bridgehead atoms. The number of nitrogens with zero attached hydrogens (tertiary/aromatic N) is 3. The summed E-state index contributed by atoms with van der Waals surface area (Å²) >= 11 is 1.96. The maximum Gasteiger partial charge on any atom is 0.252 e. The number of hydrogen-bond donors (Lipinski definition) is 1. The topological polar surface area (TPSA) is 11.4 Å². The first-order chi connectivity index (χ1) is 28.1. The molecular weight excluding hydrogens is 730 g/mol. The molecule has 3 nitrogen and oxygen atoms in total. The number of thiophene rings is 1. The molecule has 0 aliphatic carbocycles. The predicted molar refractivity (Wildman–Crippen MR) is 244 cm³/mol. The molecule has 15 rings (SSSR count). The molecule has 6 heteroatoms. The maximum atomic E-state index is 2.68. The van der Waals surface area contributed by atoms with Crippen molar-refractivity contribution < 1.29 is 0 Å². The average molecular weight is 762 g/mol. The molecule has 0 saturated carbocycles. The summed E-state index contributed by atoms with van der Waals surface area (Å²) in [6.45, 7) is 4.94. The SMILES string of the molecule is CC1(C)c2ccccc2N2c3cc4c5c6c3B(c3ccccc3N6c3ccccc3[SH]5c3cc5c6ccccc6sc5c5c6ccccc6n-4c35)c3cccc1c32. The van der Waals surface area contributed by atoms with Gasteiger partial charge < -0.3 is 14.4 Å². The highest BCUT2D eigenvalue weighted by Crippen LogP contribution is 2.70. The van der Waals surface area contributed by atoms with Gasteiger partial charge in [0.15, 0.2) is 0 Å². The summed E-state index contributed by atoms with van der Waals surface area (Å²) in [6, 6.07) is 58.4. The van der Waals surface area contributed by atoms with E-state index in [4.69, 9.17) is 0 Å². The number of para-hydroxylation sites is 5. The maximum absolute atomic E-state index is 2.68. The highest BCUT2D eigenvalue weighted by Gasteiger charge is 2.52. The summed E-state index contributed by atoms with van der Waals surface area (Å²) in [6.07, 6.45) is 0. The van der Waals surface area contributed by atoms with Crippen LogP contribution in [0.5, 0.6) is 0 Å². The third-order valence-corrected chi connectivity index (χ3v) is 17.7. The third-order valence-electron chi connectivity index (χ3n) is 13.9. The summed E-state index contributed by atoms with van der Waals surface area (Å²) in [5.74, 6) is 0. The number of aromatic nitrogens is 1. The lowest BCUT2D eigenvalue weighted by molar-refractivity contribution is 0.632. The van der Waals surface area contributed by atoms with E-state index in [2.05, 4.69) is 180 Å². The van der Waals surface area contributed by atoms with Crippen molar-refractivity contribution in [2.75, 3.05) is 9.80 Å². The van der Waals surface area contributed by atoms with E-state index in [0.717, 1.165) is 0 Å². The molecule has 2 aromatic heterocycles. The van der Waals surface area contributed by atoms with Crippen LogP contribution in [0, 0.1) is 0 Å². The van der Waals surface area contributed by atoms with Gasteiger partial charge in [-0.2, -0.15) is 10.9 Å². The fourth-order valence-electron chi connectivity index (χ4n) is 11.7. The summed E-state index contributed by atoms with van der Waals surface area (Å²) in [4.78, 5) is 9.73. The fourth-order valence-corrected chi connectivity index (χ4v) is 15.9. The van der Waals surface area contributed by atoms with E-state index in [-0.39, 0.29) is 12.1 Å². The lowest BCUT2D eigenvalue weighted by Gasteiger charge is -2.52. The molecule has 0 saturated heterocycles. The van der Waals surface area contributed by atoms with E-state index in [0.29, 0.717) is 0 Å². The Hall–Kier alpha value is -6.21. The molecule has 7 heterocycles. The first-order valence-corrected chi connectivity index (χ1v) is 22.2. The molecule has 8 aromatic carbocycles. The Labute approximate surface area is 336 Å². The molecule has 5 aliphatic rings. The average Bonchev–Trinajstić information content (AvgIpc) is 3.80. The van der Waals surface area contributed by atoms with Crippen LogP contribution in [0.15, 0.2) is 166 Å². The van der Waals surface area contributed by atoms with Gasteiger partial charge in [0.25, 0.3) is 6.71 Å². The minimum Gasteiger partial charge on any atom is -0.311 e. The van der Waals surface area contributed by atoms with Crippen molar-refractivity contribution >= 4 is 121 Å². The molecule has 57 heavy (non-hydrogen) atoms. The van der Waals surface area contributed by atoms with E-state index in [1.807, 2.05) is 11.3 Å². The quantitative estimate of drug-likeness (QED) is 0.122. The van der Waals surface area contributed by atoms with Crippen molar-refractivity contribution in [2.45, 2.75) is 33.9 Å². The molecule has 0 spiro atoms. The van der Waals surface area contributed by atoms with Crippen LogP contribution in [-0.2, 0) is 5.41 Å². The standard InChI is InChI=1S/C51H32BN3S2/c1-51(2)31-16-5-8-21-36(31)54-39-27-40-50-48-45(39)52(34-19-13-17-32(51)46(34)54)33-18-6-9-22-37(33)55(48)38-23-10-12-25-42(38)57(50)43-26-30-28-14-4-11-24-41(28)56-49(30)44-29-15-3-7-20-35(29)53(40)47(43)44/h3-27,57H,1-2H3. The van der Waals surface area contributed by atoms with Crippen LogP contribution in [0.1, 0.15) is 25.0 Å². The van der Waals surface area contributed by atoms with Gasteiger partial charge in [-0.15, -0.1) is 11.3 Å². The zero-order valence-corrected chi connectivity index (χ0v) is 32.9. The lowest BCUT2D eigenvalue weighted by atomic mass is 9.33. The monoisotopic (exact) mass is 761 g/mol. The second-order valence-corrected chi connectivity index (χ2v) is 20.0. The van der Waals surface area contributed by atoms with E-state index in [1.54, 1.807) is 0 Å². The smallest absolute Gasteiger partial charge is 0.252 e. The summed E-state index contributed by atoms with van der Waals surface area (Å²) < 4.78 is 5.43.